The van der Waals surface area contributed by atoms with Crippen LogP contribution in [0.4, 0.5) is 0 Å². The third kappa shape index (κ3) is 5.99. The Morgan fingerprint density at radius 3 is 2.71 bits per heavy atom. The van der Waals surface area contributed by atoms with Gasteiger partial charge < -0.3 is 10.5 Å². The number of nitrogens with zero attached hydrogens (tertiary/aromatic N) is 1. The zero-order chi connectivity index (χ0) is 15.9. The van der Waals surface area contributed by atoms with Gasteiger partial charge in [-0.15, -0.1) is 0 Å². The first-order chi connectivity index (χ1) is 9.89. The summed E-state index contributed by atoms with van der Waals surface area (Å²) in [6.45, 7) is 2.52. The molecule has 21 heavy (non-hydrogen) atoms. The Labute approximate surface area is 132 Å². The fraction of sp³-hybridized carbons (Fsp3) is 0.500. The first-order valence-corrected chi connectivity index (χ1v) is 8.80. The summed E-state index contributed by atoms with van der Waals surface area (Å²) in [7, 11) is -1.91. The second-order valence-electron chi connectivity index (χ2n) is 4.76. The fourth-order valence-electron chi connectivity index (χ4n) is 1.89. The highest BCUT2D eigenvalue weighted by atomic mass is 32.2. The lowest BCUT2D eigenvalue weighted by molar-refractivity contribution is 0.414. The maximum Gasteiger partial charge on any atom is 0.218 e. The molecule has 0 aromatic heterocycles. The highest BCUT2D eigenvalue weighted by Gasteiger charge is 2.22. The Morgan fingerprint density at radius 1 is 1.43 bits per heavy atom. The SMILES string of the molecule is CCCCN(CC(N)=S)S(=O)(=O)Cc1cccc(OC)c1. The van der Waals surface area contributed by atoms with Crippen molar-refractivity contribution in [2.24, 2.45) is 5.73 Å². The van der Waals surface area contributed by atoms with E-state index in [1.807, 2.05) is 6.92 Å². The average Bonchev–Trinajstić information content (AvgIpc) is 2.42. The fourth-order valence-corrected chi connectivity index (χ4v) is 3.65. The normalized spacial score (nSPS) is 11.6. The van der Waals surface area contributed by atoms with Crippen LogP contribution < -0.4 is 10.5 Å². The number of thiocarbonyl (C=S) groups is 1. The Hall–Kier alpha value is -1.18. The molecule has 0 atom stereocenters. The third-order valence-corrected chi connectivity index (χ3v) is 4.90. The van der Waals surface area contributed by atoms with Crippen LogP contribution in [-0.2, 0) is 15.8 Å². The van der Waals surface area contributed by atoms with E-state index in [1.54, 1.807) is 31.4 Å². The summed E-state index contributed by atoms with van der Waals surface area (Å²) in [6, 6.07) is 7.03. The smallest absolute Gasteiger partial charge is 0.218 e. The van der Waals surface area contributed by atoms with Crippen LogP contribution in [0.3, 0.4) is 0 Å². The summed E-state index contributed by atoms with van der Waals surface area (Å²) < 4.78 is 31.5. The largest absolute Gasteiger partial charge is 0.497 e. The van der Waals surface area contributed by atoms with E-state index in [0.29, 0.717) is 17.9 Å². The number of hydrogen-bond acceptors (Lipinski definition) is 4. The summed E-state index contributed by atoms with van der Waals surface area (Å²) in [6.07, 6.45) is 1.68. The second kappa shape index (κ2) is 8.31. The van der Waals surface area contributed by atoms with Gasteiger partial charge in [-0.2, -0.15) is 4.31 Å². The summed E-state index contributed by atoms with van der Waals surface area (Å²) >= 11 is 4.85. The van der Waals surface area contributed by atoms with Crippen LogP contribution >= 0.6 is 12.2 Å². The number of unbranched alkanes of at least 4 members (excludes halogenated alkanes) is 1. The summed E-state index contributed by atoms with van der Waals surface area (Å²) in [5, 5.41) is 0. The molecule has 0 spiro atoms. The number of sulfonamides is 1. The van der Waals surface area contributed by atoms with E-state index < -0.39 is 10.0 Å². The third-order valence-electron chi connectivity index (χ3n) is 2.97. The number of hydrogen-bond donors (Lipinski definition) is 1. The van der Waals surface area contributed by atoms with Gasteiger partial charge in [-0.3, -0.25) is 0 Å². The standard InChI is InChI=1S/C14H22N2O3S2/c1-3-4-8-16(10-14(15)20)21(17,18)11-12-6-5-7-13(9-12)19-2/h5-7,9H,3-4,8,10-11H2,1-2H3,(H2,15,20). The van der Waals surface area contributed by atoms with Crippen molar-refractivity contribution in [3.8, 4) is 5.75 Å². The molecule has 0 saturated heterocycles. The van der Waals surface area contributed by atoms with Crippen LogP contribution in [0.5, 0.6) is 5.75 Å². The molecule has 0 amide bonds. The number of benzene rings is 1. The molecule has 1 aromatic rings. The number of rotatable bonds is 9. The minimum Gasteiger partial charge on any atom is -0.497 e. The molecule has 0 aliphatic carbocycles. The maximum atomic E-state index is 12.5. The van der Waals surface area contributed by atoms with Gasteiger partial charge in [0, 0.05) is 6.54 Å². The van der Waals surface area contributed by atoms with E-state index in [1.165, 1.54) is 4.31 Å². The van der Waals surface area contributed by atoms with Crippen molar-refractivity contribution in [3.63, 3.8) is 0 Å². The molecule has 2 N–H and O–H groups in total. The lowest BCUT2D eigenvalue weighted by Gasteiger charge is -2.21. The molecule has 1 rings (SSSR count). The van der Waals surface area contributed by atoms with Gasteiger partial charge in [0.25, 0.3) is 0 Å². The van der Waals surface area contributed by atoms with E-state index in [2.05, 4.69) is 0 Å². The van der Waals surface area contributed by atoms with Crippen molar-refractivity contribution in [3.05, 3.63) is 29.8 Å². The van der Waals surface area contributed by atoms with Gasteiger partial charge in [-0.25, -0.2) is 8.42 Å². The Morgan fingerprint density at radius 2 is 2.14 bits per heavy atom. The molecule has 0 aliphatic heterocycles. The molecule has 0 unspecified atom stereocenters. The van der Waals surface area contributed by atoms with Crippen molar-refractivity contribution >= 4 is 27.2 Å². The lowest BCUT2D eigenvalue weighted by Crippen LogP contribution is -2.39. The zero-order valence-electron chi connectivity index (χ0n) is 12.4. The van der Waals surface area contributed by atoms with Gasteiger partial charge in [0.15, 0.2) is 0 Å². The molecule has 0 saturated carbocycles. The number of nitrogens with two attached hydrogens (primary N) is 1. The maximum absolute atomic E-state index is 12.5. The van der Waals surface area contributed by atoms with Gasteiger partial charge in [0.05, 0.1) is 24.4 Å². The van der Waals surface area contributed by atoms with Crippen molar-refractivity contribution in [1.29, 1.82) is 0 Å². The second-order valence-corrected chi connectivity index (χ2v) is 7.25. The Kier molecular flexibility index (Phi) is 7.07. The average molecular weight is 330 g/mol. The van der Waals surface area contributed by atoms with Crippen LogP contribution in [0.1, 0.15) is 25.3 Å². The van der Waals surface area contributed by atoms with Crippen molar-refractivity contribution in [2.75, 3.05) is 20.2 Å². The van der Waals surface area contributed by atoms with E-state index in [0.717, 1.165) is 12.8 Å². The van der Waals surface area contributed by atoms with Crippen molar-refractivity contribution in [1.82, 2.24) is 4.31 Å². The first kappa shape index (κ1) is 17.9. The van der Waals surface area contributed by atoms with Crippen molar-refractivity contribution in [2.45, 2.75) is 25.5 Å². The quantitative estimate of drug-likeness (QED) is 0.700. The minimum atomic E-state index is -3.46. The monoisotopic (exact) mass is 330 g/mol. The van der Waals surface area contributed by atoms with Crippen LogP contribution in [0, 0.1) is 0 Å². The van der Waals surface area contributed by atoms with Gasteiger partial charge >= 0.3 is 0 Å². The Balaban J connectivity index is 2.90. The Bertz CT molecular complexity index is 573. The molecule has 0 radical (unpaired) electrons. The van der Waals surface area contributed by atoms with Crippen LogP contribution in [-0.4, -0.2) is 37.9 Å². The topological polar surface area (TPSA) is 72.6 Å². The lowest BCUT2D eigenvalue weighted by atomic mass is 10.2. The van der Waals surface area contributed by atoms with Gasteiger partial charge in [-0.05, 0) is 24.1 Å². The van der Waals surface area contributed by atoms with Crippen LogP contribution in [0.25, 0.3) is 0 Å². The molecule has 7 heteroatoms. The molecule has 0 heterocycles. The highest BCUT2D eigenvalue weighted by Crippen LogP contribution is 2.17. The highest BCUT2D eigenvalue weighted by molar-refractivity contribution is 7.88. The van der Waals surface area contributed by atoms with E-state index >= 15 is 0 Å². The molecular formula is C14H22N2O3S2. The summed E-state index contributed by atoms with van der Waals surface area (Å²) in [4.78, 5) is 0.181. The molecule has 0 fully saturated rings. The van der Waals surface area contributed by atoms with Crippen LogP contribution in [0.15, 0.2) is 24.3 Å². The summed E-state index contributed by atoms with van der Waals surface area (Å²) in [5.41, 5.74) is 6.19. The van der Waals surface area contributed by atoms with E-state index in [9.17, 15) is 8.42 Å². The van der Waals surface area contributed by atoms with Crippen molar-refractivity contribution < 1.29 is 13.2 Å². The molecule has 0 aliphatic rings. The first-order valence-electron chi connectivity index (χ1n) is 6.78. The number of methoxy groups -OCH3 is 1. The molecule has 0 bridgehead atoms. The molecule has 1 aromatic carbocycles. The number of ether oxygens (including phenoxy) is 1. The predicted octanol–water partition coefficient (Wildman–Crippen LogP) is 1.91. The molecular weight excluding hydrogens is 308 g/mol. The zero-order valence-corrected chi connectivity index (χ0v) is 14.0. The van der Waals surface area contributed by atoms with Gasteiger partial charge in [0.1, 0.15) is 5.75 Å². The van der Waals surface area contributed by atoms with Gasteiger partial charge in [0.2, 0.25) is 10.0 Å². The van der Waals surface area contributed by atoms with Gasteiger partial charge in [-0.1, -0.05) is 37.7 Å². The molecule has 118 valence electrons. The summed E-state index contributed by atoms with van der Waals surface area (Å²) in [5.74, 6) is 0.549. The van der Waals surface area contributed by atoms with Crippen LogP contribution in [0.2, 0.25) is 0 Å². The molecule has 5 nitrogen and oxygen atoms in total. The minimum absolute atomic E-state index is 0.0850. The predicted molar refractivity (Wildman–Crippen MR) is 88.9 cm³/mol. The van der Waals surface area contributed by atoms with E-state index in [-0.39, 0.29) is 17.3 Å². The van der Waals surface area contributed by atoms with E-state index in [4.69, 9.17) is 22.7 Å².